The van der Waals surface area contributed by atoms with Crippen molar-refractivity contribution in [3.05, 3.63) is 120 Å². The lowest BCUT2D eigenvalue weighted by Crippen LogP contribution is -2.58. The second-order valence-corrected chi connectivity index (χ2v) is 13.5. The van der Waals surface area contributed by atoms with Crippen LogP contribution in [-0.4, -0.2) is 38.6 Å². The molecule has 1 aromatic carbocycles. The summed E-state index contributed by atoms with van der Waals surface area (Å²) in [5.41, 5.74) is 3.35. The predicted molar refractivity (Wildman–Crippen MR) is 169 cm³/mol. The molecule has 2 bridgehead atoms. The van der Waals surface area contributed by atoms with Gasteiger partial charge in [0.25, 0.3) is 5.91 Å². The zero-order valence-corrected chi connectivity index (χ0v) is 25.7. The first-order valence-corrected chi connectivity index (χ1v) is 15.4. The van der Waals surface area contributed by atoms with E-state index < -0.39 is 5.54 Å². The Morgan fingerprint density at radius 2 is 1.61 bits per heavy atom. The highest BCUT2D eigenvalue weighted by molar-refractivity contribution is 6.06. The second-order valence-electron chi connectivity index (χ2n) is 13.5. The molecule has 1 amide bonds. The van der Waals surface area contributed by atoms with Gasteiger partial charge in [0, 0.05) is 55.8 Å². The van der Waals surface area contributed by atoms with Crippen molar-refractivity contribution < 1.29 is 9.59 Å². The topological polar surface area (TPSA) is 99.0 Å². The molecule has 7 heteroatoms. The van der Waals surface area contributed by atoms with E-state index in [1.54, 1.807) is 55.1 Å². The first-order chi connectivity index (χ1) is 21.1. The largest absolute Gasteiger partial charge is 0.357 e. The maximum Gasteiger partial charge on any atom is 0.254 e. The number of allylic oxidation sites excluding steroid dienone is 2. The Kier molecular flexibility index (Phi) is 7.71. The van der Waals surface area contributed by atoms with Crippen LogP contribution in [0.5, 0.6) is 0 Å². The van der Waals surface area contributed by atoms with E-state index >= 15 is 0 Å². The molecule has 0 radical (unpaired) electrons. The highest BCUT2D eigenvalue weighted by Crippen LogP contribution is 2.64. The molecule has 1 aliphatic heterocycles. The molecule has 3 heterocycles. The third-order valence-electron chi connectivity index (χ3n) is 10.5. The number of carbonyl (C=O) groups is 2. The minimum Gasteiger partial charge on any atom is -0.357 e. The van der Waals surface area contributed by atoms with Crippen molar-refractivity contribution in [1.82, 2.24) is 20.2 Å². The van der Waals surface area contributed by atoms with Crippen LogP contribution in [0, 0.1) is 40.4 Å². The van der Waals surface area contributed by atoms with E-state index in [1.165, 1.54) is 12.0 Å². The lowest BCUT2D eigenvalue weighted by Gasteiger charge is -2.63. The molecule has 224 valence electrons. The SMILES string of the molecule is C=C(C)C1C(CN2C(=O)C(Cc3ccncc3)(Cc3ccncc3)N/C2=C\C(=O)c2ccc(C#N)cc2)CC2CC1C2(C)C. The quantitative estimate of drug-likeness (QED) is 0.191. The number of hydrogen-bond acceptors (Lipinski definition) is 6. The minimum absolute atomic E-state index is 0.0380. The molecule has 3 aromatic rings. The molecule has 7 rings (SSSR count). The van der Waals surface area contributed by atoms with Crippen LogP contribution >= 0.6 is 0 Å². The van der Waals surface area contributed by atoms with Gasteiger partial charge in [-0.1, -0.05) is 26.0 Å². The standard InChI is InChI=1S/C37H39N5O2/c1-24(2)34-29(17-30-18-31(34)36(30,3)4)23-42-33(19-32(43)28-7-5-27(22-38)6-8-28)41-37(35(42)44,20-25-9-13-39-14-10-25)21-26-11-15-40-16-12-26/h5-16,19,29-31,34,41H,1,17-18,20-21,23H2,2-4H3/b33-19+. The summed E-state index contributed by atoms with van der Waals surface area (Å²) in [7, 11) is 0. The number of nitrogens with one attached hydrogen (secondary N) is 1. The molecule has 4 aliphatic rings. The van der Waals surface area contributed by atoms with Gasteiger partial charge in [-0.05, 0) is 109 Å². The number of nitriles is 1. The van der Waals surface area contributed by atoms with E-state index in [9.17, 15) is 14.9 Å². The van der Waals surface area contributed by atoms with Gasteiger partial charge < -0.3 is 5.32 Å². The lowest BCUT2D eigenvalue weighted by atomic mass is 9.42. The average Bonchev–Trinajstić information content (AvgIpc) is 3.26. The molecule has 4 fully saturated rings. The monoisotopic (exact) mass is 585 g/mol. The van der Waals surface area contributed by atoms with Gasteiger partial charge in [0.15, 0.2) is 5.78 Å². The van der Waals surface area contributed by atoms with Crippen LogP contribution in [0.15, 0.2) is 97.4 Å². The smallest absolute Gasteiger partial charge is 0.254 e. The summed E-state index contributed by atoms with van der Waals surface area (Å²) in [5, 5.41) is 12.8. The van der Waals surface area contributed by atoms with E-state index in [0.717, 1.165) is 17.5 Å². The molecule has 44 heavy (non-hydrogen) atoms. The van der Waals surface area contributed by atoms with Crippen molar-refractivity contribution in [3.63, 3.8) is 0 Å². The Morgan fingerprint density at radius 3 is 2.14 bits per heavy atom. The van der Waals surface area contributed by atoms with Crippen molar-refractivity contribution >= 4 is 11.7 Å². The first kappa shape index (κ1) is 29.5. The van der Waals surface area contributed by atoms with Crippen LogP contribution in [0.25, 0.3) is 0 Å². The normalized spacial score (nSPS) is 25.5. The third-order valence-corrected chi connectivity index (χ3v) is 10.5. The van der Waals surface area contributed by atoms with Crippen molar-refractivity contribution in [2.24, 2.45) is 29.1 Å². The van der Waals surface area contributed by atoms with Crippen molar-refractivity contribution in [2.75, 3.05) is 6.54 Å². The molecule has 3 aliphatic carbocycles. The Bertz CT molecular complexity index is 1600. The summed E-state index contributed by atoms with van der Waals surface area (Å²) < 4.78 is 0. The summed E-state index contributed by atoms with van der Waals surface area (Å²) in [6.45, 7) is 11.8. The number of benzene rings is 1. The van der Waals surface area contributed by atoms with Gasteiger partial charge >= 0.3 is 0 Å². The average molecular weight is 586 g/mol. The molecular formula is C37H39N5O2. The summed E-state index contributed by atoms with van der Waals surface area (Å²) in [6, 6.07) is 16.4. The predicted octanol–water partition coefficient (Wildman–Crippen LogP) is 5.90. The molecule has 0 spiro atoms. The second kappa shape index (κ2) is 11.5. The van der Waals surface area contributed by atoms with Crippen LogP contribution in [0.4, 0.5) is 0 Å². The van der Waals surface area contributed by atoms with E-state index in [0.29, 0.717) is 54.1 Å². The van der Waals surface area contributed by atoms with Gasteiger partial charge in [-0.2, -0.15) is 5.26 Å². The number of fused-ring (bicyclic) bond motifs is 2. The third kappa shape index (κ3) is 5.34. The molecule has 2 aromatic heterocycles. The Labute approximate surface area is 259 Å². The number of nitrogens with zero attached hydrogens (tertiary/aromatic N) is 4. The highest BCUT2D eigenvalue weighted by Gasteiger charge is 2.59. The summed E-state index contributed by atoms with van der Waals surface area (Å²) in [6.07, 6.45) is 11.6. The van der Waals surface area contributed by atoms with Gasteiger partial charge in [-0.3, -0.25) is 24.5 Å². The van der Waals surface area contributed by atoms with E-state index in [-0.39, 0.29) is 23.0 Å². The molecular weight excluding hydrogens is 546 g/mol. The molecule has 1 saturated heterocycles. The zero-order valence-electron chi connectivity index (χ0n) is 25.7. The number of aromatic nitrogens is 2. The Hall–Kier alpha value is -4.57. The fraction of sp³-hybridized carbons (Fsp3) is 0.378. The molecule has 4 unspecified atom stereocenters. The van der Waals surface area contributed by atoms with E-state index in [2.05, 4.69) is 48.7 Å². The first-order valence-electron chi connectivity index (χ1n) is 15.4. The van der Waals surface area contributed by atoms with Crippen LogP contribution in [0.2, 0.25) is 0 Å². The molecule has 4 atom stereocenters. The van der Waals surface area contributed by atoms with Crippen molar-refractivity contribution in [1.29, 1.82) is 5.26 Å². The fourth-order valence-electron chi connectivity index (χ4n) is 8.02. The van der Waals surface area contributed by atoms with Crippen LogP contribution < -0.4 is 5.32 Å². The van der Waals surface area contributed by atoms with Crippen LogP contribution in [0.3, 0.4) is 0 Å². The fourth-order valence-corrected chi connectivity index (χ4v) is 8.02. The zero-order chi connectivity index (χ0) is 31.1. The van der Waals surface area contributed by atoms with Gasteiger partial charge in [0.1, 0.15) is 11.4 Å². The molecule has 1 N–H and O–H groups in total. The van der Waals surface area contributed by atoms with Crippen LogP contribution in [0.1, 0.15) is 60.7 Å². The lowest BCUT2D eigenvalue weighted by molar-refractivity contribution is -0.140. The van der Waals surface area contributed by atoms with Gasteiger partial charge in [-0.15, -0.1) is 0 Å². The number of amides is 1. The summed E-state index contributed by atoms with van der Waals surface area (Å²) >= 11 is 0. The Morgan fingerprint density at radius 1 is 1.02 bits per heavy atom. The van der Waals surface area contributed by atoms with Crippen LogP contribution in [-0.2, 0) is 17.6 Å². The van der Waals surface area contributed by atoms with Crippen molar-refractivity contribution in [3.8, 4) is 6.07 Å². The van der Waals surface area contributed by atoms with Gasteiger partial charge in [0.2, 0.25) is 0 Å². The van der Waals surface area contributed by atoms with E-state index in [4.69, 9.17) is 0 Å². The van der Waals surface area contributed by atoms with Gasteiger partial charge in [-0.25, -0.2) is 0 Å². The maximum absolute atomic E-state index is 14.8. The summed E-state index contributed by atoms with van der Waals surface area (Å²) in [4.78, 5) is 38.7. The van der Waals surface area contributed by atoms with E-state index in [1.807, 2.05) is 29.2 Å². The number of hydrogen-bond donors (Lipinski definition) is 1. The molecule has 7 nitrogen and oxygen atoms in total. The molecule has 3 saturated carbocycles. The highest BCUT2D eigenvalue weighted by atomic mass is 16.2. The number of rotatable bonds is 9. The summed E-state index contributed by atoms with van der Waals surface area (Å²) in [5.74, 6) is 1.98. The minimum atomic E-state index is -1.00. The van der Waals surface area contributed by atoms with Gasteiger partial charge in [0.05, 0.1) is 11.6 Å². The number of carbonyl (C=O) groups excluding carboxylic acids is 2. The van der Waals surface area contributed by atoms with Crippen molar-refractivity contribution in [2.45, 2.75) is 52.0 Å². The maximum atomic E-state index is 14.8. The Balaban J connectivity index is 1.40. The number of pyridine rings is 2. The number of ketones is 1.